The topological polar surface area (TPSA) is 62.0 Å². The molecule has 1 aliphatic heterocycles. The molecule has 0 spiro atoms. The Labute approximate surface area is 159 Å². The number of rotatable bonds is 3. The molecule has 1 fully saturated rings. The number of alkyl halides is 3. The van der Waals surface area contributed by atoms with Crippen molar-refractivity contribution in [3.05, 3.63) is 52.4 Å². The van der Waals surface area contributed by atoms with Crippen LogP contribution in [0.1, 0.15) is 36.9 Å². The molecule has 0 aliphatic carbocycles. The predicted octanol–water partition coefficient (Wildman–Crippen LogP) is 4.58. The van der Waals surface area contributed by atoms with E-state index in [1.807, 2.05) is 13.8 Å². The zero-order valence-electron chi connectivity index (χ0n) is 14.5. The van der Waals surface area contributed by atoms with E-state index in [2.05, 4.69) is 9.97 Å². The summed E-state index contributed by atoms with van der Waals surface area (Å²) in [6, 6.07) is 7.35. The molecule has 3 rings (SSSR count). The highest BCUT2D eigenvalue weighted by Gasteiger charge is 2.41. The Morgan fingerprint density at radius 2 is 2.11 bits per heavy atom. The van der Waals surface area contributed by atoms with Gasteiger partial charge in [0.1, 0.15) is 22.6 Å². The number of hydrogen-bond acceptors (Lipinski definition) is 5. The zero-order valence-corrected chi connectivity index (χ0v) is 15.3. The first-order chi connectivity index (χ1) is 12.7. The summed E-state index contributed by atoms with van der Waals surface area (Å²) < 4.78 is 46.2. The number of anilines is 1. The van der Waals surface area contributed by atoms with Crippen LogP contribution >= 0.6 is 11.6 Å². The third-order valence-electron chi connectivity index (χ3n) is 4.39. The molecular formula is C18H16ClF3N4O. The van der Waals surface area contributed by atoms with Crippen molar-refractivity contribution in [2.75, 3.05) is 11.5 Å². The maximum Gasteiger partial charge on any atom is 0.417 e. The van der Waals surface area contributed by atoms with Crippen molar-refractivity contribution in [2.24, 2.45) is 5.92 Å². The Kier molecular flexibility index (Phi) is 5.27. The molecule has 0 aromatic carbocycles. The second kappa shape index (κ2) is 7.33. The molecule has 0 bridgehead atoms. The standard InChI is InChI=1S/C18H16ClF3N4O/c1-10(2)14-9-27-17(13-5-3-4-6-24-13)26(14)15-7-12(18(20,21)22)11(8-23)16(19)25-15/h3-7,10,14,17H,9H2,1-2H3. The molecule has 0 radical (unpaired) electrons. The lowest BCUT2D eigenvalue weighted by atomic mass is 10.0. The van der Waals surface area contributed by atoms with Gasteiger partial charge in [0.2, 0.25) is 0 Å². The number of aromatic nitrogens is 2. The molecule has 1 saturated heterocycles. The molecule has 2 aromatic heterocycles. The van der Waals surface area contributed by atoms with E-state index in [1.54, 1.807) is 29.3 Å². The number of hydrogen-bond donors (Lipinski definition) is 0. The van der Waals surface area contributed by atoms with E-state index in [1.165, 1.54) is 6.07 Å². The highest BCUT2D eigenvalue weighted by atomic mass is 35.5. The number of nitriles is 1. The first-order valence-corrected chi connectivity index (χ1v) is 8.60. The Balaban J connectivity index is 2.15. The Hall–Kier alpha value is -2.37. The SMILES string of the molecule is CC(C)C1COC(c2ccccn2)N1c1cc(C(F)(F)F)c(C#N)c(Cl)n1. The van der Waals surface area contributed by atoms with Crippen LogP contribution in [0.15, 0.2) is 30.5 Å². The summed E-state index contributed by atoms with van der Waals surface area (Å²) in [5, 5.41) is 8.58. The van der Waals surface area contributed by atoms with Crippen LogP contribution in [0.5, 0.6) is 0 Å². The summed E-state index contributed by atoms with van der Waals surface area (Å²) >= 11 is 5.92. The van der Waals surface area contributed by atoms with Crippen molar-refractivity contribution in [1.82, 2.24) is 9.97 Å². The third kappa shape index (κ3) is 3.70. The van der Waals surface area contributed by atoms with E-state index < -0.39 is 28.7 Å². The van der Waals surface area contributed by atoms with Crippen molar-refractivity contribution in [1.29, 1.82) is 5.26 Å². The minimum Gasteiger partial charge on any atom is -0.350 e. The van der Waals surface area contributed by atoms with Crippen molar-refractivity contribution in [3.63, 3.8) is 0 Å². The summed E-state index contributed by atoms with van der Waals surface area (Å²) in [4.78, 5) is 9.97. The van der Waals surface area contributed by atoms with Gasteiger partial charge in [-0.05, 0) is 24.1 Å². The fraction of sp³-hybridized carbons (Fsp3) is 0.389. The smallest absolute Gasteiger partial charge is 0.350 e. The maximum atomic E-state index is 13.5. The van der Waals surface area contributed by atoms with Crippen LogP contribution in [0.4, 0.5) is 19.0 Å². The van der Waals surface area contributed by atoms with Gasteiger partial charge in [-0.2, -0.15) is 18.4 Å². The average Bonchev–Trinajstić information content (AvgIpc) is 3.06. The van der Waals surface area contributed by atoms with Crippen molar-refractivity contribution >= 4 is 17.4 Å². The second-order valence-electron chi connectivity index (χ2n) is 6.46. The lowest BCUT2D eigenvalue weighted by Gasteiger charge is -2.31. The molecule has 2 atom stereocenters. The number of halogens is 4. The van der Waals surface area contributed by atoms with E-state index in [0.717, 1.165) is 6.07 Å². The average molecular weight is 397 g/mol. The van der Waals surface area contributed by atoms with E-state index in [0.29, 0.717) is 12.3 Å². The van der Waals surface area contributed by atoms with Gasteiger partial charge in [0.05, 0.1) is 23.9 Å². The molecule has 142 valence electrons. The first-order valence-electron chi connectivity index (χ1n) is 8.22. The fourth-order valence-electron chi connectivity index (χ4n) is 3.04. The van der Waals surface area contributed by atoms with Crippen LogP contribution in [-0.2, 0) is 10.9 Å². The summed E-state index contributed by atoms with van der Waals surface area (Å²) in [5.41, 5.74) is -1.26. The largest absolute Gasteiger partial charge is 0.417 e. The summed E-state index contributed by atoms with van der Waals surface area (Å²) in [5.74, 6) is 0.0717. The van der Waals surface area contributed by atoms with Gasteiger partial charge in [0.25, 0.3) is 0 Å². The van der Waals surface area contributed by atoms with Crippen LogP contribution in [-0.4, -0.2) is 22.6 Å². The quantitative estimate of drug-likeness (QED) is 0.710. The van der Waals surface area contributed by atoms with Gasteiger partial charge in [0.15, 0.2) is 6.23 Å². The molecule has 1 aliphatic rings. The number of pyridine rings is 2. The Bertz CT molecular complexity index is 867. The molecular weight excluding hydrogens is 381 g/mol. The lowest BCUT2D eigenvalue weighted by Crippen LogP contribution is -2.37. The second-order valence-corrected chi connectivity index (χ2v) is 6.82. The van der Waals surface area contributed by atoms with Gasteiger partial charge < -0.3 is 9.64 Å². The van der Waals surface area contributed by atoms with Crippen LogP contribution in [0.3, 0.4) is 0 Å². The van der Waals surface area contributed by atoms with E-state index in [-0.39, 0.29) is 17.8 Å². The molecule has 2 unspecified atom stereocenters. The molecule has 0 N–H and O–H groups in total. The summed E-state index contributed by atoms with van der Waals surface area (Å²) in [6.07, 6.45) is -3.85. The van der Waals surface area contributed by atoms with E-state index in [4.69, 9.17) is 21.6 Å². The minimum absolute atomic E-state index is 0.00169. The van der Waals surface area contributed by atoms with E-state index in [9.17, 15) is 13.2 Å². The molecule has 3 heterocycles. The highest BCUT2D eigenvalue weighted by Crippen LogP contribution is 2.41. The van der Waals surface area contributed by atoms with Gasteiger partial charge in [-0.1, -0.05) is 31.5 Å². The Morgan fingerprint density at radius 1 is 1.37 bits per heavy atom. The molecule has 0 saturated carbocycles. The fourth-order valence-corrected chi connectivity index (χ4v) is 3.27. The summed E-state index contributed by atoms with van der Waals surface area (Å²) in [6.45, 7) is 4.19. The minimum atomic E-state index is -4.74. The van der Waals surface area contributed by atoms with Crippen molar-refractivity contribution in [3.8, 4) is 6.07 Å². The molecule has 27 heavy (non-hydrogen) atoms. The van der Waals surface area contributed by atoms with Crippen molar-refractivity contribution < 1.29 is 17.9 Å². The van der Waals surface area contributed by atoms with Crippen LogP contribution < -0.4 is 4.90 Å². The van der Waals surface area contributed by atoms with Crippen LogP contribution in [0.25, 0.3) is 0 Å². The van der Waals surface area contributed by atoms with Gasteiger partial charge >= 0.3 is 6.18 Å². The lowest BCUT2D eigenvalue weighted by molar-refractivity contribution is -0.137. The highest BCUT2D eigenvalue weighted by molar-refractivity contribution is 6.30. The van der Waals surface area contributed by atoms with Gasteiger partial charge in [-0.15, -0.1) is 0 Å². The van der Waals surface area contributed by atoms with Gasteiger partial charge in [0, 0.05) is 6.20 Å². The third-order valence-corrected chi connectivity index (χ3v) is 4.66. The zero-order chi connectivity index (χ0) is 19.8. The van der Waals surface area contributed by atoms with Gasteiger partial charge in [-0.3, -0.25) is 4.98 Å². The first kappa shape index (κ1) is 19.4. The maximum absolute atomic E-state index is 13.5. The van der Waals surface area contributed by atoms with Crippen LogP contribution in [0.2, 0.25) is 5.15 Å². The predicted molar refractivity (Wildman–Crippen MR) is 93.0 cm³/mol. The molecule has 5 nitrogen and oxygen atoms in total. The number of nitrogens with zero attached hydrogens (tertiary/aromatic N) is 4. The monoisotopic (exact) mass is 396 g/mol. The Morgan fingerprint density at radius 3 is 2.67 bits per heavy atom. The molecule has 9 heteroatoms. The summed E-state index contributed by atoms with van der Waals surface area (Å²) in [7, 11) is 0. The van der Waals surface area contributed by atoms with Gasteiger partial charge in [-0.25, -0.2) is 4.98 Å². The molecule has 2 aromatic rings. The number of ether oxygens (including phenoxy) is 1. The van der Waals surface area contributed by atoms with Crippen LogP contribution in [0, 0.1) is 17.2 Å². The molecule has 0 amide bonds. The normalized spacial score (nSPS) is 20.1. The van der Waals surface area contributed by atoms with E-state index >= 15 is 0 Å². The van der Waals surface area contributed by atoms with Crippen molar-refractivity contribution in [2.45, 2.75) is 32.3 Å².